The number of esters is 1. The van der Waals surface area contributed by atoms with Crippen molar-refractivity contribution in [3.8, 4) is 5.75 Å². The second-order valence-corrected chi connectivity index (χ2v) is 3.33. The number of halogens is 1. The summed E-state index contributed by atoms with van der Waals surface area (Å²) >= 11 is 5.59. The quantitative estimate of drug-likeness (QED) is 0.358. The van der Waals surface area contributed by atoms with Crippen molar-refractivity contribution < 1.29 is 19.2 Å². The fraction of sp³-hybridized carbons (Fsp3) is 0.300. The Morgan fingerprint density at radius 1 is 1.47 bits per heavy atom. The Morgan fingerprint density at radius 2 is 2.12 bits per heavy atom. The van der Waals surface area contributed by atoms with Gasteiger partial charge in [-0.15, -0.1) is 11.6 Å². The van der Waals surface area contributed by atoms with Crippen LogP contribution in [0.4, 0.5) is 5.69 Å². The zero-order valence-corrected chi connectivity index (χ0v) is 9.98. The number of carbonyl (C=O) groups excluding carboxylic acids is 1. The maximum Gasteiger partial charge on any atom is 0.341 e. The molecule has 0 aliphatic heterocycles. The topological polar surface area (TPSA) is 78.7 Å². The minimum atomic E-state index is -0.636. The van der Waals surface area contributed by atoms with Crippen LogP contribution in [-0.2, 0) is 10.6 Å². The third-order valence-corrected chi connectivity index (χ3v) is 2.43. The van der Waals surface area contributed by atoms with Crippen LogP contribution in [0.1, 0.15) is 15.9 Å². The molecule has 7 heteroatoms. The first kappa shape index (κ1) is 13.2. The van der Waals surface area contributed by atoms with Gasteiger partial charge in [-0.25, -0.2) is 4.79 Å². The van der Waals surface area contributed by atoms with Crippen LogP contribution in [0.3, 0.4) is 0 Å². The molecule has 0 heterocycles. The number of carbonyl (C=O) groups is 1. The molecule has 92 valence electrons. The highest BCUT2D eigenvalue weighted by Crippen LogP contribution is 2.30. The fourth-order valence-electron chi connectivity index (χ4n) is 1.33. The summed E-state index contributed by atoms with van der Waals surface area (Å²) in [5.41, 5.74) is 0.151. The van der Waals surface area contributed by atoms with E-state index in [0.717, 1.165) is 6.07 Å². The van der Waals surface area contributed by atoms with Gasteiger partial charge in [-0.1, -0.05) is 0 Å². The van der Waals surface area contributed by atoms with E-state index in [1.165, 1.54) is 20.3 Å². The van der Waals surface area contributed by atoms with Crippen LogP contribution in [0.25, 0.3) is 0 Å². The molecule has 0 saturated carbocycles. The van der Waals surface area contributed by atoms with E-state index in [1.54, 1.807) is 0 Å². The summed E-state index contributed by atoms with van der Waals surface area (Å²) in [7, 11) is 2.52. The first-order chi connectivity index (χ1) is 8.04. The van der Waals surface area contributed by atoms with Gasteiger partial charge in [-0.3, -0.25) is 10.1 Å². The zero-order chi connectivity index (χ0) is 13.0. The van der Waals surface area contributed by atoms with Gasteiger partial charge in [0.2, 0.25) is 0 Å². The van der Waals surface area contributed by atoms with Gasteiger partial charge in [0, 0.05) is 5.56 Å². The van der Waals surface area contributed by atoms with Gasteiger partial charge in [0.15, 0.2) is 0 Å². The third kappa shape index (κ3) is 2.65. The monoisotopic (exact) mass is 259 g/mol. The van der Waals surface area contributed by atoms with Crippen LogP contribution in [0.5, 0.6) is 5.75 Å². The van der Waals surface area contributed by atoms with Gasteiger partial charge >= 0.3 is 5.97 Å². The minimum Gasteiger partial charge on any atom is -0.496 e. The number of hydrogen-bond acceptors (Lipinski definition) is 5. The normalized spacial score (nSPS) is 9.82. The molecule has 0 aliphatic rings. The van der Waals surface area contributed by atoms with Crippen LogP contribution >= 0.6 is 11.6 Å². The molecule has 0 saturated heterocycles. The molecule has 17 heavy (non-hydrogen) atoms. The van der Waals surface area contributed by atoms with Crippen LogP contribution in [0, 0.1) is 10.1 Å². The Hall–Kier alpha value is -1.82. The zero-order valence-electron chi connectivity index (χ0n) is 9.23. The molecule has 1 aromatic rings. The molecule has 0 atom stereocenters. The Kier molecular flexibility index (Phi) is 4.28. The van der Waals surface area contributed by atoms with E-state index >= 15 is 0 Å². The van der Waals surface area contributed by atoms with Crippen molar-refractivity contribution in [3.05, 3.63) is 33.4 Å². The largest absolute Gasteiger partial charge is 0.496 e. The van der Waals surface area contributed by atoms with Crippen molar-refractivity contribution in [1.29, 1.82) is 0 Å². The molecular formula is C10H10ClNO5. The van der Waals surface area contributed by atoms with Gasteiger partial charge in [0.05, 0.1) is 31.1 Å². The number of hydrogen-bond donors (Lipinski definition) is 0. The summed E-state index contributed by atoms with van der Waals surface area (Å²) in [6.45, 7) is 0. The highest BCUT2D eigenvalue weighted by molar-refractivity contribution is 6.17. The molecule has 0 bridgehead atoms. The Balaban J connectivity index is 3.43. The molecule has 0 N–H and O–H groups in total. The lowest BCUT2D eigenvalue weighted by Gasteiger charge is -2.08. The standard InChI is InChI=1S/C10H10ClNO5/c1-16-9-4-8(12(14)15)6(5-11)3-7(9)10(13)17-2/h3-4H,5H2,1-2H3. The fourth-order valence-corrected chi connectivity index (χ4v) is 1.54. The molecule has 0 amide bonds. The number of methoxy groups -OCH3 is 2. The van der Waals surface area contributed by atoms with Crippen molar-refractivity contribution in [2.45, 2.75) is 5.88 Å². The van der Waals surface area contributed by atoms with Crippen LogP contribution in [0.2, 0.25) is 0 Å². The summed E-state index contributed by atoms with van der Waals surface area (Å²) in [6.07, 6.45) is 0. The molecule has 0 fully saturated rings. The van der Waals surface area contributed by atoms with Crippen molar-refractivity contribution in [3.63, 3.8) is 0 Å². The van der Waals surface area contributed by atoms with Crippen molar-refractivity contribution >= 4 is 23.3 Å². The molecular weight excluding hydrogens is 250 g/mol. The van der Waals surface area contributed by atoms with E-state index < -0.39 is 10.9 Å². The number of nitrogens with zero attached hydrogens (tertiary/aromatic N) is 1. The summed E-state index contributed by atoms with van der Waals surface area (Å²) in [6, 6.07) is 2.46. The molecule has 1 aromatic carbocycles. The molecule has 0 radical (unpaired) electrons. The van der Waals surface area contributed by atoms with E-state index in [0.29, 0.717) is 0 Å². The van der Waals surface area contributed by atoms with E-state index in [9.17, 15) is 14.9 Å². The van der Waals surface area contributed by atoms with E-state index in [-0.39, 0.29) is 28.4 Å². The van der Waals surface area contributed by atoms with Gasteiger partial charge in [0.25, 0.3) is 5.69 Å². The van der Waals surface area contributed by atoms with Gasteiger partial charge in [0.1, 0.15) is 11.3 Å². The molecule has 1 rings (SSSR count). The predicted molar refractivity (Wildman–Crippen MR) is 60.5 cm³/mol. The van der Waals surface area contributed by atoms with Gasteiger partial charge in [-0.05, 0) is 6.07 Å². The minimum absolute atomic E-state index is 0.0791. The lowest BCUT2D eigenvalue weighted by atomic mass is 10.1. The summed E-state index contributed by atoms with van der Waals surface area (Å²) in [4.78, 5) is 21.6. The maximum absolute atomic E-state index is 11.4. The Labute approximate surface area is 102 Å². The van der Waals surface area contributed by atoms with Crippen LogP contribution in [-0.4, -0.2) is 25.1 Å². The van der Waals surface area contributed by atoms with E-state index in [2.05, 4.69) is 4.74 Å². The van der Waals surface area contributed by atoms with Gasteiger partial charge < -0.3 is 9.47 Å². The summed E-state index contributed by atoms with van der Waals surface area (Å²) in [5.74, 6) is -0.634. The lowest BCUT2D eigenvalue weighted by Crippen LogP contribution is -2.06. The van der Waals surface area contributed by atoms with Crippen LogP contribution in [0.15, 0.2) is 12.1 Å². The number of alkyl halides is 1. The van der Waals surface area contributed by atoms with Crippen LogP contribution < -0.4 is 4.74 Å². The summed E-state index contributed by atoms with van der Waals surface area (Å²) in [5, 5.41) is 10.8. The average Bonchev–Trinajstić information content (AvgIpc) is 2.35. The molecule has 6 nitrogen and oxygen atoms in total. The maximum atomic E-state index is 11.4. The number of ether oxygens (including phenoxy) is 2. The predicted octanol–water partition coefficient (Wildman–Crippen LogP) is 2.13. The van der Waals surface area contributed by atoms with Gasteiger partial charge in [-0.2, -0.15) is 0 Å². The van der Waals surface area contributed by atoms with E-state index in [4.69, 9.17) is 16.3 Å². The van der Waals surface area contributed by atoms with Crippen molar-refractivity contribution in [2.24, 2.45) is 0 Å². The van der Waals surface area contributed by atoms with Crippen molar-refractivity contribution in [1.82, 2.24) is 0 Å². The first-order valence-electron chi connectivity index (χ1n) is 4.54. The molecule has 0 aliphatic carbocycles. The molecule has 0 aromatic heterocycles. The first-order valence-corrected chi connectivity index (χ1v) is 5.08. The summed E-state index contributed by atoms with van der Waals surface area (Å²) < 4.78 is 9.46. The highest BCUT2D eigenvalue weighted by atomic mass is 35.5. The third-order valence-electron chi connectivity index (χ3n) is 2.15. The second kappa shape index (κ2) is 5.49. The molecule has 0 spiro atoms. The number of nitro groups is 1. The second-order valence-electron chi connectivity index (χ2n) is 3.06. The molecule has 0 unspecified atom stereocenters. The SMILES string of the molecule is COC(=O)c1cc(CCl)c([N+](=O)[O-])cc1OC. The Bertz CT molecular complexity index is 460. The lowest BCUT2D eigenvalue weighted by molar-refractivity contribution is -0.385. The number of nitro benzene ring substituents is 1. The smallest absolute Gasteiger partial charge is 0.341 e. The van der Waals surface area contributed by atoms with E-state index in [1.807, 2.05) is 0 Å². The average molecular weight is 260 g/mol. The number of benzene rings is 1. The van der Waals surface area contributed by atoms with Crippen molar-refractivity contribution in [2.75, 3.05) is 14.2 Å². The highest BCUT2D eigenvalue weighted by Gasteiger charge is 2.22. The Morgan fingerprint density at radius 3 is 2.53 bits per heavy atom. The number of rotatable bonds is 4.